The van der Waals surface area contributed by atoms with Crippen LogP contribution in [0.25, 0.3) is 10.8 Å². The molecule has 0 spiro atoms. The molecule has 11 heteroatoms. The van der Waals surface area contributed by atoms with Gasteiger partial charge in [-0.3, -0.25) is 9.59 Å². The molecule has 42 heavy (non-hydrogen) atoms. The number of nitrogens with one attached hydrogen (secondary N) is 2. The topological polar surface area (TPSA) is 144 Å². The van der Waals surface area contributed by atoms with E-state index in [9.17, 15) is 18.0 Å². The van der Waals surface area contributed by atoms with Gasteiger partial charge in [-0.15, -0.1) is 0 Å². The predicted molar refractivity (Wildman–Crippen MR) is 165 cm³/mol. The number of rotatable bonds is 11. The average Bonchev–Trinajstić information content (AvgIpc) is 2.95. The number of nitrogens with two attached hydrogens (primary N) is 1. The lowest BCUT2D eigenvalue weighted by molar-refractivity contribution is -0.131. The second-order valence-electron chi connectivity index (χ2n) is 9.82. The van der Waals surface area contributed by atoms with E-state index in [1.54, 1.807) is 38.4 Å². The van der Waals surface area contributed by atoms with Crippen LogP contribution in [0.5, 0.6) is 5.75 Å². The lowest BCUT2D eigenvalue weighted by atomic mass is 10.0. The quantitative estimate of drug-likeness (QED) is 0.227. The lowest BCUT2D eigenvalue weighted by Gasteiger charge is -2.27. The van der Waals surface area contributed by atoms with Crippen LogP contribution in [0, 0.1) is 0 Å². The maximum absolute atomic E-state index is 14.1. The molecule has 1 unspecified atom stereocenters. The molecule has 0 saturated carbocycles. The largest absolute Gasteiger partial charge is 0.494 e. The van der Waals surface area contributed by atoms with Crippen molar-refractivity contribution in [1.29, 1.82) is 0 Å². The summed E-state index contributed by atoms with van der Waals surface area (Å²) in [5.41, 5.74) is 8.21. The third-order valence-electron chi connectivity index (χ3n) is 6.74. The molecule has 0 fully saturated rings. The second-order valence-corrected chi connectivity index (χ2v) is 12.1. The molecule has 0 aliphatic heterocycles. The van der Waals surface area contributed by atoms with E-state index in [2.05, 4.69) is 15.6 Å². The number of carbonyl (C=O) groups excluding carboxylic acids is 2. The second kappa shape index (κ2) is 12.9. The maximum Gasteiger partial charge on any atom is 0.249 e. The Balaban J connectivity index is 1.72. The van der Waals surface area contributed by atoms with Gasteiger partial charge in [-0.25, -0.2) is 13.4 Å². The van der Waals surface area contributed by atoms with Gasteiger partial charge in [0.2, 0.25) is 11.8 Å². The van der Waals surface area contributed by atoms with Crippen LogP contribution in [0.4, 0.5) is 17.2 Å². The molecule has 4 rings (SSSR count). The monoisotopic (exact) mass is 589 g/mol. The molecule has 4 aromatic rings. The Morgan fingerprint density at radius 2 is 1.79 bits per heavy atom. The first-order valence-electron chi connectivity index (χ1n) is 13.5. The maximum atomic E-state index is 14.1. The Hall–Kier alpha value is -4.64. The molecule has 0 aliphatic rings. The summed E-state index contributed by atoms with van der Waals surface area (Å²) >= 11 is 0. The van der Waals surface area contributed by atoms with Crippen molar-refractivity contribution in [2.45, 2.75) is 38.3 Å². The van der Waals surface area contributed by atoms with Crippen LogP contribution in [0.1, 0.15) is 37.9 Å². The number of likely N-dealkylation sites (N-methyl/N-ethyl adjacent to an activating group) is 1. The molecule has 2 amide bonds. The van der Waals surface area contributed by atoms with Gasteiger partial charge >= 0.3 is 0 Å². The van der Waals surface area contributed by atoms with Gasteiger partial charge < -0.3 is 26.0 Å². The zero-order chi connectivity index (χ0) is 30.4. The van der Waals surface area contributed by atoms with Crippen LogP contribution >= 0.6 is 0 Å². The number of sulfone groups is 1. The molecule has 1 heterocycles. The molecular formula is C31H35N5O5S. The van der Waals surface area contributed by atoms with Crippen molar-refractivity contribution < 1.29 is 22.7 Å². The number of nitrogens with zero attached hydrogens (tertiary/aromatic N) is 2. The fourth-order valence-corrected chi connectivity index (χ4v) is 5.80. The molecule has 220 valence electrons. The summed E-state index contributed by atoms with van der Waals surface area (Å²) in [4.78, 5) is 31.5. The molecule has 0 aliphatic carbocycles. The van der Waals surface area contributed by atoms with Gasteiger partial charge in [0.1, 0.15) is 17.6 Å². The van der Waals surface area contributed by atoms with Crippen LogP contribution < -0.4 is 21.1 Å². The van der Waals surface area contributed by atoms with E-state index in [0.717, 1.165) is 10.8 Å². The molecular weight excluding hydrogens is 554 g/mol. The van der Waals surface area contributed by atoms with Crippen LogP contribution in [0.15, 0.2) is 77.8 Å². The van der Waals surface area contributed by atoms with Gasteiger partial charge in [-0.1, -0.05) is 19.1 Å². The summed E-state index contributed by atoms with van der Waals surface area (Å²) in [6.07, 6.45) is 1.63. The van der Waals surface area contributed by atoms with Crippen molar-refractivity contribution in [2.24, 2.45) is 0 Å². The zero-order valence-corrected chi connectivity index (χ0v) is 24.9. The number of anilines is 3. The van der Waals surface area contributed by atoms with Gasteiger partial charge in [-0.2, -0.15) is 0 Å². The smallest absolute Gasteiger partial charge is 0.249 e. The van der Waals surface area contributed by atoms with Crippen LogP contribution in [-0.4, -0.2) is 49.5 Å². The Bertz CT molecular complexity index is 1720. The van der Waals surface area contributed by atoms with Gasteiger partial charge in [0.25, 0.3) is 0 Å². The summed E-state index contributed by atoms with van der Waals surface area (Å²) < 4.78 is 31.5. The zero-order valence-electron chi connectivity index (χ0n) is 24.0. The van der Waals surface area contributed by atoms with Crippen molar-refractivity contribution in [3.05, 3.63) is 84.1 Å². The summed E-state index contributed by atoms with van der Waals surface area (Å²) in [5.74, 6) is 0.336. The molecule has 0 radical (unpaired) electrons. The summed E-state index contributed by atoms with van der Waals surface area (Å²) in [5, 5.41) is 7.70. The fraction of sp³-hybridized carbons (Fsp3) is 0.258. The molecule has 1 atom stereocenters. The Labute approximate surface area is 245 Å². The third-order valence-corrected chi connectivity index (χ3v) is 8.56. The number of pyridine rings is 1. The number of aromatic nitrogens is 1. The average molecular weight is 590 g/mol. The number of carbonyl (C=O) groups is 2. The van der Waals surface area contributed by atoms with E-state index in [1.165, 1.54) is 17.9 Å². The van der Waals surface area contributed by atoms with E-state index >= 15 is 0 Å². The molecule has 4 N–H and O–H groups in total. The molecule has 1 aromatic heterocycles. The third kappa shape index (κ3) is 6.98. The standard InChI is InChI=1S/C31H35N5O5S/c1-5-41-26-9-7-8-22(18-26)29(35-25-10-12-27-21(16-25)14-15-33-30(27)32)31(38)36(4)19-23-17-24(34-20(3)37)11-13-28(23)42(39,40)6-2/h7-18,29,35H,5-6,19H2,1-4H3,(H2,32,33)(H,34,37). The number of hydrogen-bond donors (Lipinski definition) is 3. The van der Waals surface area contributed by atoms with Crippen LogP contribution in [-0.2, 0) is 26.0 Å². The van der Waals surface area contributed by atoms with Crippen LogP contribution in [0.3, 0.4) is 0 Å². The minimum Gasteiger partial charge on any atom is -0.494 e. The summed E-state index contributed by atoms with van der Waals surface area (Å²) in [6.45, 7) is 5.28. The predicted octanol–water partition coefficient (Wildman–Crippen LogP) is 4.78. The van der Waals surface area contributed by atoms with Crippen molar-refractivity contribution in [2.75, 3.05) is 35.8 Å². The minimum absolute atomic E-state index is 0.00985. The SMILES string of the molecule is CCOc1cccc(C(Nc2ccc3c(N)nccc3c2)C(=O)N(C)Cc2cc(NC(C)=O)ccc2S(=O)(=O)CC)c1. The van der Waals surface area contributed by atoms with E-state index < -0.39 is 15.9 Å². The number of benzene rings is 3. The first-order chi connectivity index (χ1) is 20.0. The lowest BCUT2D eigenvalue weighted by Crippen LogP contribution is -2.35. The Morgan fingerprint density at radius 3 is 2.50 bits per heavy atom. The molecule has 3 aromatic carbocycles. The molecule has 0 bridgehead atoms. The Kier molecular flexibility index (Phi) is 9.31. The highest BCUT2D eigenvalue weighted by atomic mass is 32.2. The normalized spacial score (nSPS) is 12.0. The van der Waals surface area contributed by atoms with Crippen molar-refractivity contribution in [1.82, 2.24) is 9.88 Å². The van der Waals surface area contributed by atoms with E-state index in [1.807, 2.05) is 49.4 Å². The van der Waals surface area contributed by atoms with E-state index in [4.69, 9.17) is 10.5 Å². The van der Waals surface area contributed by atoms with E-state index in [-0.39, 0.29) is 29.0 Å². The number of fused-ring (bicyclic) bond motifs is 1. The highest BCUT2D eigenvalue weighted by Crippen LogP contribution is 2.30. The fourth-order valence-electron chi connectivity index (χ4n) is 4.69. The number of amides is 2. The van der Waals surface area contributed by atoms with Gasteiger partial charge in [0.05, 0.1) is 17.3 Å². The summed E-state index contributed by atoms with van der Waals surface area (Å²) in [6, 6.07) is 18.4. The van der Waals surface area contributed by atoms with Gasteiger partial charge in [0, 0.05) is 43.5 Å². The number of hydrogen-bond acceptors (Lipinski definition) is 8. The Morgan fingerprint density at radius 1 is 1.02 bits per heavy atom. The highest BCUT2D eigenvalue weighted by Gasteiger charge is 2.27. The minimum atomic E-state index is -3.60. The molecule has 0 saturated heterocycles. The first-order valence-corrected chi connectivity index (χ1v) is 15.2. The van der Waals surface area contributed by atoms with Gasteiger partial charge in [-0.05, 0) is 78.0 Å². The number of ether oxygens (including phenoxy) is 1. The van der Waals surface area contributed by atoms with Crippen molar-refractivity contribution in [3.8, 4) is 5.75 Å². The van der Waals surface area contributed by atoms with Gasteiger partial charge in [0.15, 0.2) is 9.84 Å². The van der Waals surface area contributed by atoms with Crippen LogP contribution in [0.2, 0.25) is 0 Å². The van der Waals surface area contributed by atoms with Crippen molar-refractivity contribution in [3.63, 3.8) is 0 Å². The number of nitrogen functional groups attached to an aromatic ring is 1. The summed E-state index contributed by atoms with van der Waals surface area (Å²) in [7, 11) is -1.99. The van der Waals surface area contributed by atoms with E-state index in [0.29, 0.717) is 40.7 Å². The highest BCUT2D eigenvalue weighted by molar-refractivity contribution is 7.91. The van der Waals surface area contributed by atoms with Crippen molar-refractivity contribution >= 4 is 49.6 Å². The first kappa shape index (κ1) is 30.3. The molecule has 10 nitrogen and oxygen atoms in total.